The van der Waals surface area contributed by atoms with Crippen molar-refractivity contribution in [3.63, 3.8) is 0 Å². The Bertz CT molecular complexity index is 362. The first-order valence-corrected chi connectivity index (χ1v) is 5.78. The van der Waals surface area contributed by atoms with E-state index >= 15 is 0 Å². The Morgan fingerprint density at radius 3 is 1.88 bits per heavy atom. The van der Waals surface area contributed by atoms with E-state index in [2.05, 4.69) is 47.6 Å². The second kappa shape index (κ2) is 6.03. The van der Waals surface area contributed by atoms with Crippen molar-refractivity contribution in [2.24, 2.45) is 0 Å². The lowest BCUT2D eigenvalue weighted by Gasteiger charge is -2.25. The molecule has 0 aliphatic rings. The first-order valence-electron chi connectivity index (χ1n) is 5.78. The highest BCUT2D eigenvalue weighted by molar-refractivity contribution is 5.49. The first-order chi connectivity index (χ1) is 7.75. The molecule has 17 heavy (non-hydrogen) atoms. The summed E-state index contributed by atoms with van der Waals surface area (Å²) in [5.74, 6) is 0.851. The van der Waals surface area contributed by atoms with Gasteiger partial charge in [0.05, 0.1) is 0 Å². The Labute approximate surface area is 104 Å². The van der Waals surface area contributed by atoms with Crippen molar-refractivity contribution in [3.8, 4) is 5.75 Å². The van der Waals surface area contributed by atoms with Crippen LogP contribution in [-0.4, -0.2) is 15.6 Å². The summed E-state index contributed by atoms with van der Waals surface area (Å²) in [5.41, 5.74) is 3.29. The molecule has 0 bridgehead atoms. The van der Waals surface area contributed by atoms with Crippen molar-refractivity contribution in [1.29, 1.82) is 0 Å². The predicted molar refractivity (Wildman–Crippen MR) is 70.9 cm³/mol. The molecule has 0 aliphatic carbocycles. The minimum atomic E-state index is -0.000926. The highest BCUT2D eigenvalue weighted by Crippen LogP contribution is 2.38. The molecule has 0 fully saturated rings. The van der Waals surface area contributed by atoms with E-state index in [1.807, 2.05) is 6.07 Å². The monoisotopic (exact) mass is 240 g/mol. The third-order valence-electron chi connectivity index (χ3n) is 2.79. The minimum absolute atomic E-state index is 0.000926. The van der Waals surface area contributed by atoms with Crippen molar-refractivity contribution in [2.75, 3.05) is 0 Å². The Kier molecular flexibility index (Phi) is 5.66. The van der Waals surface area contributed by atoms with E-state index in [4.69, 9.17) is 10.5 Å². The molecular weight excluding hydrogens is 216 g/mol. The second-order valence-corrected chi connectivity index (χ2v) is 5.60. The molecule has 0 spiro atoms. The normalized spacial score (nSPS) is 11.1. The zero-order valence-electron chi connectivity index (χ0n) is 11.6. The summed E-state index contributed by atoms with van der Waals surface area (Å²) in [6.45, 7) is 12.7. The van der Waals surface area contributed by atoms with E-state index < -0.39 is 0 Å². The molecule has 0 saturated carbocycles. The number of hydrogen-bond acceptors (Lipinski definition) is 3. The van der Waals surface area contributed by atoms with Crippen molar-refractivity contribution >= 4 is 0 Å². The summed E-state index contributed by atoms with van der Waals surface area (Å²) >= 11 is 0. The molecular formula is C14H24O3. The summed E-state index contributed by atoms with van der Waals surface area (Å²) < 4.78 is 0. The molecule has 1 aromatic rings. The summed E-state index contributed by atoms with van der Waals surface area (Å²) in [5, 5.41) is 22.3. The number of hydrogen-bond donors (Lipinski definition) is 3. The van der Waals surface area contributed by atoms with Crippen LogP contribution in [0.3, 0.4) is 0 Å². The number of rotatable bonds is 1. The Morgan fingerprint density at radius 2 is 1.53 bits per heavy atom. The van der Waals surface area contributed by atoms with Crippen LogP contribution in [0.15, 0.2) is 12.1 Å². The van der Waals surface area contributed by atoms with Crippen molar-refractivity contribution in [3.05, 3.63) is 28.8 Å². The van der Waals surface area contributed by atoms with E-state index in [0.29, 0.717) is 11.7 Å². The van der Waals surface area contributed by atoms with Crippen LogP contribution in [0.2, 0.25) is 0 Å². The second-order valence-electron chi connectivity index (χ2n) is 5.60. The van der Waals surface area contributed by atoms with Crippen LogP contribution in [0.5, 0.6) is 5.75 Å². The van der Waals surface area contributed by atoms with Crippen LogP contribution in [0.1, 0.15) is 57.2 Å². The van der Waals surface area contributed by atoms with E-state index in [1.54, 1.807) is 0 Å². The van der Waals surface area contributed by atoms with Gasteiger partial charge >= 0.3 is 0 Å². The average Bonchev–Trinajstić information content (AvgIpc) is 2.18. The lowest BCUT2D eigenvalue weighted by molar-refractivity contribution is -0.176. The van der Waals surface area contributed by atoms with Gasteiger partial charge < -0.3 is 5.11 Å². The molecule has 0 aliphatic heterocycles. The summed E-state index contributed by atoms with van der Waals surface area (Å²) in [6, 6.07) is 4.14. The Balaban J connectivity index is 0.00000121. The van der Waals surface area contributed by atoms with E-state index in [1.165, 1.54) is 5.56 Å². The topological polar surface area (TPSA) is 60.7 Å². The van der Waals surface area contributed by atoms with Crippen LogP contribution in [0, 0.1) is 6.92 Å². The SMILES string of the molecule is Cc1ccc(C(C)C)c(O)c1C(C)(C)C.OO. The Hall–Kier alpha value is -1.06. The van der Waals surface area contributed by atoms with Gasteiger partial charge in [0.2, 0.25) is 0 Å². The third-order valence-corrected chi connectivity index (χ3v) is 2.79. The van der Waals surface area contributed by atoms with Gasteiger partial charge in [0.1, 0.15) is 5.75 Å². The molecule has 1 aromatic carbocycles. The fourth-order valence-electron chi connectivity index (χ4n) is 2.12. The van der Waals surface area contributed by atoms with Crippen LogP contribution >= 0.6 is 0 Å². The van der Waals surface area contributed by atoms with Gasteiger partial charge in [0, 0.05) is 5.56 Å². The zero-order valence-corrected chi connectivity index (χ0v) is 11.6. The summed E-state index contributed by atoms with van der Waals surface area (Å²) in [6.07, 6.45) is 0. The molecule has 0 atom stereocenters. The van der Waals surface area contributed by atoms with Gasteiger partial charge in [0.15, 0.2) is 0 Å². The average molecular weight is 240 g/mol. The highest BCUT2D eigenvalue weighted by atomic mass is 17.0. The van der Waals surface area contributed by atoms with E-state index in [-0.39, 0.29) is 5.41 Å². The molecule has 0 heterocycles. The molecule has 0 radical (unpaired) electrons. The number of aromatic hydroxyl groups is 1. The summed E-state index contributed by atoms with van der Waals surface area (Å²) in [4.78, 5) is 0. The smallest absolute Gasteiger partial charge is 0.123 e. The molecule has 0 aromatic heterocycles. The van der Waals surface area contributed by atoms with E-state index in [9.17, 15) is 5.11 Å². The third kappa shape index (κ3) is 3.72. The largest absolute Gasteiger partial charge is 0.507 e. The van der Waals surface area contributed by atoms with Crippen LogP contribution in [0.4, 0.5) is 0 Å². The number of phenols is 1. The molecule has 0 unspecified atom stereocenters. The van der Waals surface area contributed by atoms with Crippen molar-refractivity contribution in [1.82, 2.24) is 0 Å². The maximum Gasteiger partial charge on any atom is 0.123 e. The quantitative estimate of drug-likeness (QED) is 0.510. The van der Waals surface area contributed by atoms with Crippen LogP contribution in [-0.2, 0) is 5.41 Å². The molecule has 3 heteroatoms. The van der Waals surface area contributed by atoms with E-state index in [0.717, 1.165) is 11.1 Å². The van der Waals surface area contributed by atoms with Gasteiger partial charge in [-0.15, -0.1) is 0 Å². The minimum Gasteiger partial charge on any atom is -0.507 e. The van der Waals surface area contributed by atoms with Gasteiger partial charge in [-0.1, -0.05) is 46.8 Å². The Morgan fingerprint density at radius 1 is 1.06 bits per heavy atom. The van der Waals surface area contributed by atoms with Gasteiger partial charge in [0.25, 0.3) is 0 Å². The zero-order chi connectivity index (χ0) is 13.8. The highest BCUT2D eigenvalue weighted by Gasteiger charge is 2.22. The van der Waals surface area contributed by atoms with Gasteiger partial charge in [-0.3, -0.25) is 10.5 Å². The fraction of sp³-hybridized carbons (Fsp3) is 0.571. The lowest BCUT2D eigenvalue weighted by Crippen LogP contribution is -2.14. The number of phenolic OH excluding ortho intramolecular Hbond substituents is 1. The molecule has 3 nitrogen and oxygen atoms in total. The van der Waals surface area contributed by atoms with Crippen molar-refractivity contribution in [2.45, 2.75) is 52.9 Å². The fourth-order valence-corrected chi connectivity index (χ4v) is 2.12. The molecule has 98 valence electrons. The predicted octanol–water partition coefficient (Wildman–Crippen LogP) is 4.14. The maximum atomic E-state index is 10.3. The number of aryl methyl sites for hydroxylation is 1. The summed E-state index contributed by atoms with van der Waals surface area (Å²) in [7, 11) is 0. The number of benzene rings is 1. The molecule has 1 rings (SSSR count). The maximum absolute atomic E-state index is 10.3. The lowest BCUT2D eigenvalue weighted by atomic mass is 9.81. The van der Waals surface area contributed by atoms with Gasteiger partial charge in [-0.2, -0.15) is 0 Å². The van der Waals surface area contributed by atoms with Crippen LogP contribution < -0.4 is 0 Å². The molecule has 0 saturated heterocycles. The molecule has 0 amide bonds. The standard InChI is InChI=1S/C14H22O.H2O2/c1-9(2)11-8-7-10(3)12(13(11)15)14(4,5)6;1-2/h7-9,15H,1-6H3;1-2H. The van der Waals surface area contributed by atoms with Gasteiger partial charge in [-0.25, -0.2) is 0 Å². The molecule has 3 N–H and O–H groups in total. The van der Waals surface area contributed by atoms with Gasteiger partial charge in [-0.05, 0) is 29.4 Å². The first kappa shape index (κ1) is 15.9. The van der Waals surface area contributed by atoms with Crippen LogP contribution in [0.25, 0.3) is 0 Å². The van der Waals surface area contributed by atoms with Crippen molar-refractivity contribution < 1.29 is 15.6 Å².